The van der Waals surface area contributed by atoms with Crippen LogP contribution >= 0.6 is 0 Å². The van der Waals surface area contributed by atoms with E-state index in [1.807, 2.05) is 42.5 Å². The molecule has 0 aromatic heterocycles. The van der Waals surface area contributed by atoms with Gasteiger partial charge in [-0.1, -0.05) is 54.6 Å². The van der Waals surface area contributed by atoms with Crippen LogP contribution in [0.15, 0.2) is 59.6 Å². The van der Waals surface area contributed by atoms with Crippen LogP contribution in [0.25, 0.3) is 0 Å². The minimum atomic E-state index is -0.281. The Hall–Kier alpha value is -1.87. The van der Waals surface area contributed by atoms with E-state index >= 15 is 0 Å². The summed E-state index contributed by atoms with van der Waals surface area (Å²) in [5, 5.41) is 0. The summed E-state index contributed by atoms with van der Waals surface area (Å²) in [6.45, 7) is 0. The van der Waals surface area contributed by atoms with E-state index in [-0.39, 0.29) is 12.1 Å². The minimum absolute atomic E-state index is 0.238. The molecular formula is C14H17N3. The predicted octanol–water partition coefficient (Wildman–Crippen LogP) is 1.81. The van der Waals surface area contributed by atoms with Gasteiger partial charge in [0.05, 0.1) is 0 Å². The smallest absolute Gasteiger partial charge is 0.127 e. The quantitative estimate of drug-likeness (QED) is 0.611. The van der Waals surface area contributed by atoms with Gasteiger partial charge in [0.15, 0.2) is 0 Å². The first-order valence-corrected chi connectivity index (χ1v) is 5.75. The Morgan fingerprint density at radius 3 is 2.65 bits per heavy atom. The lowest BCUT2D eigenvalue weighted by atomic mass is 9.98. The molecule has 3 nitrogen and oxygen atoms in total. The van der Waals surface area contributed by atoms with Crippen LogP contribution in [0.3, 0.4) is 0 Å². The molecule has 0 saturated carbocycles. The van der Waals surface area contributed by atoms with Crippen molar-refractivity contribution in [3.63, 3.8) is 0 Å². The Morgan fingerprint density at radius 2 is 2.00 bits per heavy atom. The van der Waals surface area contributed by atoms with Crippen molar-refractivity contribution in [2.24, 2.45) is 22.4 Å². The minimum Gasteiger partial charge on any atom is -0.383 e. The predicted molar refractivity (Wildman–Crippen MR) is 71.5 cm³/mol. The number of hydrogen-bond acceptors (Lipinski definition) is 2. The normalized spacial score (nSPS) is 21.5. The number of hydrogen-bond donors (Lipinski definition) is 2. The molecule has 1 aromatic carbocycles. The van der Waals surface area contributed by atoms with E-state index in [4.69, 9.17) is 11.5 Å². The maximum atomic E-state index is 6.03. The van der Waals surface area contributed by atoms with Crippen molar-refractivity contribution in [1.29, 1.82) is 0 Å². The highest BCUT2D eigenvalue weighted by Crippen LogP contribution is 2.15. The fraction of sp³-hybridized carbons (Fsp3) is 0.214. The molecule has 0 bridgehead atoms. The van der Waals surface area contributed by atoms with Crippen molar-refractivity contribution in [3.05, 3.63) is 60.2 Å². The second kappa shape index (κ2) is 5.46. The molecule has 0 radical (unpaired) electrons. The number of allylic oxidation sites excluding steroid dienone is 3. The highest BCUT2D eigenvalue weighted by molar-refractivity contribution is 5.97. The molecule has 0 heterocycles. The van der Waals surface area contributed by atoms with Gasteiger partial charge in [-0.25, -0.2) is 4.99 Å². The first-order valence-electron chi connectivity index (χ1n) is 5.75. The Labute approximate surface area is 102 Å². The van der Waals surface area contributed by atoms with E-state index in [2.05, 4.69) is 17.1 Å². The number of nitrogens with zero attached hydrogens (tertiary/aromatic N) is 1. The van der Waals surface area contributed by atoms with E-state index in [9.17, 15) is 0 Å². The van der Waals surface area contributed by atoms with Crippen molar-refractivity contribution in [1.82, 2.24) is 0 Å². The molecule has 0 amide bonds. The molecule has 2 unspecified atom stereocenters. The molecule has 4 N–H and O–H groups in total. The zero-order valence-corrected chi connectivity index (χ0v) is 9.66. The molecule has 1 aromatic rings. The molecule has 0 spiro atoms. The van der Waals surface area contributed by atoms with Gasteiger partial charge in [-0.2, -0.15) is 0 Å². The van der Waals surface area contributed by atoms with Gasteiger partial charge >= 0.3 is 0 Å². The van der Waals surface area contributed by atoms with Crippen LogP contribution in [0.2, 0.25) is 0 Å². The zero-order chi connectivity index (χ0) is 12.1. The molecule has 0 fully saturated rings. The second-order valence-corrected chi connectivity index (χ2v) is 4.08. The summed E-state index contributed by atoms with van der Waals surface area (Å²) in [5.41, 5.74) is 12.9. The van der Waals surface area contributed by atoms with Crippen molar-refractivity contribution in [3.8, 4) is 0 Å². The van der Waals surface area contributed by atoms with Crippen molar-refractivity contribution in [2.75, 3.05) is 0 Å². The topological polar surface area (TPSA) is 64.4 Å². The summed E-state index contributed by atoms with van der Waals surface area (Å²) in [6, 6.07) is 9.69. The lowest BCUT2D eigenvalue weighted by molar-refractivity contribution is 0.520. The van der Waals surface area contributed by atoms with Crippen LogP contribution in [-0.4, -0.2) is 12.0 Å². The Kier molecular flexibility index (Phi) is 3.73. The van der Waals surface area contributed by atoms with E-state index in [1.165, 1.54) is 0 Å². The van der Waals surface area contributed by atoms with Crippen LogP contribution in [0.1, 0.15) is 12.0 Å². The summed E-state index contributed by atoms with van der Waals surface area (Å²) in [5.74, 6) is 0.739. The van der Waals surface area contributed by atoms with E-state index < -0.39 is 0 Å². The molecule has 0 saturated heterocycles. The van der Waals surface area contributed by atoms with Crippen LogP contribution in [0.4, 0.5) is 0 Å². The molecule has 3 heteroatoms. The van der Waals surface area contributed by atoms with Gasteiger partial charge in [0.25, 0.3) is 0 Å². The lowest BCUT2D eigenvalue weighted by Crippen LogP contribution is -2.30. The van der Waals surface area contributed by atoms with Crippen molar-refractivity contribution < 1.29 is 0 Å². The third-order valence-corrected chi connectivity index (χ3v) is 2.81. The maximum absolute atomic E-state index is 6.03. The van der Waals surface area contributed by atoms with Gasteiger partial charge in [0.2, 0.25) is 0 Å². The first-order chi connectivity index (χ1) is 8.27. The number of amidine groups is 1. The van der Waals surface area contributed by atoms with Gasteiger partial charge in [0, 0.05) is 11.5 Å². The largest absolute Gasteiger partial charge is 0.383 e. The number of benzene rings is 1. The van der Waals surface area contributed by atoms with Gasteiger partial charge in [0.1, 0.15) is 12.0 Å². The highest BCUT2D eigenvalue weighted by atomic mass is 15.0. The molecular weight excluding hydrogens is 210 g/mol. The van der Waals surface area contributed by atoms with E-state index in [0.717, 1.165) is 12.0 Å². The summed E-state index contributed by atoms with van der Waals surface area (Å²) in [4.78, 5) is 4.36. The van der Waals surface area contributed by atoms with Gasteiger partial charge in [-0.05, 0) is 6.42 Å². The average molecular weight is 227 g/mol. The molecule has 2 rings (SSSR count). The summed E-state index contributed by atoms with van der Waals surface area (Å²) in [6.07, 6.45) is 8.83. The van der Waals surface area contributed by atoms with Gasteiger partial charge in [-0.3, -0.25) is 0 Å². The Morgan fingerprint density at radius 1 is 1.24 bits per heavy atom. The summed E-state index contributed by atoms with van der Waals surface area (Å²) in [7, 11) is 0. The molecule has 1 aliphatic carbocycles. The first kappa shape index (κ1) is 11.6. The SMILES string of the molecule is N/C(=N\C(N)C1C=CC=CC1)c1ccccc1. The van der Waals surface area contributed by atoms with Crippen molar-refractivity contribution in [2.45, 2.75) is 12.6 Å². The van der Waals surface area contributed by atoms with E-state index in [0.29, 0.717) is 5.84 Å². The fourth-order valence-corrected chi connectivity index (χ4v) is 1.79. The number of aliphatic imine (C=N–C) groups is 1. The molecule has 0 aliphatic heterocycles. The molecule has 1 aliphatic rings. The van der Waals surface area contributed by atoms with Crippen LogP contribution in [-0.2, 0) is 0 Å². The fourth-order valence-electron chi connectivity index (χ4n) is 1.79. The Bertz CT molecular complexity index is 446. The van der Waals surface area contributed by atoms with Crippen LogP contribution < -0.4 is 11.5 Å². The molecule has 17 heavy (non-hydrogen) atoms. The lowest BCUT2D eigenvalue weighted by Gasteiger charge is -2.18. The summed E-state index contributed by atoms with van der Waals surface area (Å²) >= 11 is 0. The van der Waals surface area contributed by atoms with Gasteiger partial charge in [-0.15, -0.1) is 0 Å². The number of nitrogens with two attached hydrogens (primary N) is 2. The second-order valence-electron chi connectivity index (χ2n) is 4.08. The van der Waals surface area contributed by atoms with Crippen LogP contribution in [0.5, 0.6) is 0 Å². The third kappa shape index (κ3) is 3.04. The standard InChI is InChI=1S/C14H17N3/c15-13(11-7-3-1-4-8-11)17-14(16)12-9-5-2-6-10-12/h1-9,12,14H,10,16H2,(H2,15,17). The Balaban J connectivity index is 2.08. The number of rotatable bonds is 3. The highest BCUT2D eigenvalue weighted by Gasteiger charge is 2.14. The average Bonchev–Trinajstić information content (AvgIpc) is 2.40. The van der Waals surface area contributed by atoms with E-state index in [1.54, 1.807) is 0 Å². The summed E-state index contributed by atoms with van der Waals surface area (Å²) < 4.78 is 0. The van der Waals surface area contributed by atoms with Crippen molar-refractivity contribution >= 4 is 5.84 Å². The maximum Gasteiger partial charge on any atom is 0.127 e. The molecule has 88 valence electrons. The monoisotopic (exact) mass is 227 g/mol. The molecule has 2 atom stereocenters. The third-order valence-electron chi connectivity index (χ3n) is 2.81. The van der Waals surface area contributed by atoms with Gasteiger partial charge < -0.3 is 11.5 Å². The zero-order valence-electron chi connectivity index (χ0n) is 9.66. The van der Waals surface area contributed by atoms with Crippen LogP contribution in [0, 0.1) is 5.92 Å².